The molecule has 0 unspecified atom stereocenters. The molecule has 0 radical (unpaired) electrons. The highest BCUT2D eigenvalue weighted by atomic mass is 79.9. The number of nitrogens with one attached hydrogen (secondary N) is 1. The summed E-state index contributed by atoms with van der Waals surface area (Å²) >= 11 is 3.82. The zero-order valence-electron chi connectivity index (χ0n) is 20.0. The maximum Gasteiger partial charge on any atom is 0.195 e. The van der Waals surface area contributed by atoms with Gasteiger partial charge in [-0.25, -0.2) is 0 Å². The maximum absolute atomic E-state index is 14.0. The average Bonchev–Trinajstić information content (AvgIpc) is 3.27. The van der Waals surface area contributed by atoms with Crippen molar-refractivity contribution in [2.75, 3.05) is 57.5 Å². The molecule has 4 heterocycles. The summed E-state index contributed by atoms with van der Waals surface area (Å²) < 4.78 is 12.2. The van der Waals surface area contributed by atoms with E-state index in [1.54, 1.807) is 6.07 Å². The molecule has 0 bridgehead atoms. The second kappa shape index (κ2) is 8.42. The molecule has 1 spiro atoms. The van der Waals surface area contributed by atoms with Gasteiger partial charge >= 0.3 is 0 Å². The average molecular weight is 547 g/mol. The molecule has 0 atom stereocenters. The summed E-state index contributed by atoms with van der Waals surface area (Å²) in [5.74, 6) is 0.0510. The Bertz CT molecular complexity index is 1420. The molecule has 2 aromatic carbocycles. The fraction of sp³-hybridized carbons (Fsp3) is 0.429. The standard InChI is InChI=1S/C28H27BrN4O3/c29-22-12-20-21(13-24(22)33-7-5-32(6-8-33)18-15-36-16-18)28(3-9-35-10-4-28)27-25(26(20)34)19-2-1-17(14-30)11-23(19)31-27/h1-2,11-13,18,31H,3-10,15-16H2. The van der Waals surface area contributed by atoms with Crippen molar-refractivity contribution in [3.05, 3.63) is 62.8 Å². The van der Waals surface area contributed by atoms with E-state index in [9.17, 15) is 10.1 Å². The van der Waals surface area contributed by atoms with E-state index < -0.39 is 0 Å². The van der Waals surface area contributed by atoms with Crippen molar-refractivity contribution in [2.45, 2.75) is 24.3 Å². The number of anilines is 1. The molecule has 36 heavy (non-hydrogen) atoms. The van der Waals surface area contributed by atoms with Crippen LogP contribution in [0.4, 0.5) is 5.69 Å². The van der Waals surface area contributed by atoms with Crippen molar-refractivity contribution in [2.24, 2.45) is 0 Å². The molecule has 8 heteroatoms. The SMILES string of the molecule is N#Cc1ccc2c3c([nH]c2c1)C1(CCOCC1)c1cc(N2CCN(C4COC4)CC2)c(Br)cc1C3=O. The number of ether oxygens (including phenoxy) is 2. The highest BCUT2D eigenvalue weighted by molar-refractivity contribution is 9.10. The highest BCUT2D eigenvalue weighted by Crippen LogP contribution is 2.51. The lowest BCUT2D eigenvalue weighted by atomic mass is 9.64. The Labute approximate surface area is 218 Å². The summed E-state index contributed by atoms with van der Waals surface area (Å²) in [6.45, 7) is 6.93. The molecule has 0 saturated carbocycles. The molecule has 3 aliphatic heterocycles. The van der Waals surface area contributed by atoms with Gasteiger partial charge < -0.3 is 19.4 Å². The minimum absolute atomic E-state index is 0.0510. The Morgan fingerprint density at radius 1 is 1.06 bits per heavy atom. The lowest BCUT2D eigenvalue weighted by Gasteiger charge is -2.44. The van der Waals surface area contributed by atoms with Crippen LogP contribution in [0.3, 0.4) is 0 Å². The van der Waals surface area contributed by atoms with Gasteiger partial charge in [-0.2, -0.15) is 5.26 Å². The van der Waals surface area contributed by atoms with Crippen LogP contribution in [0.5, 0.6) is 0 Å². The molecule has 3 saturated heterocycles. The minimum atomic E-state index is -0.316. The van der Waals surface area contributed by atoms with Gasteiger partial charge in [0.05, 0.1) is 42.1 Å². The third-order valence-corrected chi connectivity index (χ3v) is 9.25. The van der Waals surface area contributed by atoms with E-state index in [1.807, 2.05) is 18.2 Å². The molecule has 0 amide bonds. The Hall–Kier alpha value is -2.70. The van der Waals surface area contributed by atoms with Gasteiger partial charge in [0.15, 0.2) is 5.78 Å². The fourth-order valence-corrected chi connectivity index (χ4v) is 7.11. The largest absolute Gasteiger partial charge is 0.381 e. The van der Waals surface area contributed by atoms with E-state index in [-0.39, 0.29) is 11.2 Å². The van der Waals surface area contributed by atoms with Gasteiger partial charge in [0.25, 0.3) is 0 Å². The number of piperazine rings is 1. The number of benzene rings is 2. The molecule has 3 aromatic rings. The third-order valence-electron chi connectivity index (χ3n) is 8.62. The highest BCUT2D eigenvalue weighted by Gasteiger charge is 2.47. The molecule has 4 aliphatic rings. The second-order valence-electron chi connectivity index (χ2n) is 10.3. The molecular formula is C28H27BrN4O3. The molecule has 1 aliphatic carbocycles. The van der Waals surface area contributed by atoms with Crippen LogP contribution in [0.1, 0.15) is 45.6 Å². The van der Waals surface area contributed by atoms with E-state index in [0.29, 0.717) is 24.8 Å². The first-order valence-corrected chi connectivity index (χ1v) is 13.5. The number of hydrogen-bond donors (Lipinski definition) is 1. The Morgan fingerprint density at radius 3 is 2.53 bits per heavy atom. The van der Waals surface area contributed by atoms with Crippen molar-refractivity contribution in [3.63, 3.8) is 0 Å². The van der Waals surface area contributed by atoms with Crippen LogP contribution in [0.25, 0.3) is 10.9 Å². The van der Waals surface area contributed by atoms with Crippen molar-refractivity contribution in [1.82, 2.24) is 9.88 Å². The van der Waals surface area contributed by atoms with Crippen LogP contribution in [-0.2, 0) is 14.9 Å². The molecule has 1 aromatic heterocycles. The molecule has 3 fully saturated rings. The fourth-order valence-electron chi connectivity index (χ4n) is 6.52. The van der Waals surface area contributed by atoms with Crippen molar-refractivity contribution < 1.29 is 14.3 Å². The molecule has 7 rings (SSSR count). The third kappa shape index (κ3) is 3.23. The van der Waals surface area contributed by atoms with Gasteiger partial charge in [0.2, 0.25) is 0 Å². The van der Waals surface area contributed by atoms with Gasteiger partial charge in [-0.05, 0) is 58.6 Å². The van der Waals surface area contributed by atoms with Crippen LogP contribution in [0.2, 0.25) is 0 Å². The predicted molar refractivity (Wildman–Crippen MR) is 140 cm³/mol. The first-order chi connectivity index (χ1) is 17.6. The smallest absolute Gasteiger partial charge is 0.195 e. The van der Waals surface area contributed by atoms with E-state index in [1.165, 1.54) is 0 Å². The lowest BCUT2D eigenvalue weighted by Crippen LogP contribution is -2.56. The normalized spacial score (nSPS) is 21.8. The number of carbonyl (C=O) groups excluding carboxylic acids is 1. The second-order valence-corrected chi connectivity index (χ2v) is 11.2. The Morgan fingerprint density at radius 2 is 1.83 bits per heavy atom. The lowest BCUT2D eigenvalue weighted by molar-refractivity contribution is -0.0660. The number of nitriles is 1. The number of rotatable bonds is 2. The monoisotopic (exact) mass is 546 g/mol. The van der Waals surface area contributed by atoms with E-state index >= 15 is 0 Å². The summed E-state index contributed by atoms with van der Waals surface area (Å²) in [4.78, 5) is 22.6. The summed E-state index contributed by atoms with van der Waals surface area (Å²) in [6, 6.07) is 12.6. The summed E-state index contributed by atoms with van der Waals surface area (Å²) in [5, 5.41) is 10.3. The number of halogens is 1. The van der Waals surface area contributed by atoms with Gasteiger partial charge in [-0.15, -0.1) is 0 Å². The number of nitrogens with zero attached hydrogens (tertiary/aromatic N) is 3. The number of H-pyrrole nitrogens is 1. The summed E-state index contributed by atoms with van der Waals surface area (Å²) in [7, 11) is 0. The van der Waals surface area contributed by atoms with E-state index in [4.69, 9.17) is 9.47 Å². The molecule has 1 N–H and O–H groups in total. The van der Waals surface area contributed by atoms with Gasteiger partial charge in [-0.1, -0.05) is 6.07 Å². The molecular weight excluding hydrogens is 520 g/mol. The van der Waals surface area contributed by atoms with Crippen molar-refractivity contribution >= 4 is 38.3 Å². The van der Waals surface area contributed by atoms with Gasteiger partial charge in [0, 0.05) is 71.4 Å². The Kier molecular flexibility index (Phi) is 5.26. The number of fused-ring (bicyclic) bond motifs is 6. The van der Waals surface area contributed by atoms with Crippen LogP contribution in [0.15, 0.2) is 34.8 Å². The van der Waals surface area contributed by atoms with E-state index in [0.717, 1.165) is 95.7 Å². The van der Waals surface area contributed by atoms with Crippen molar-refractivity contribution in [1.29, 1.82) is 5.26 Å². The van der Waals surface area contributed by atoms with Gasteiger partial charge in [0.1, 0.15) is 0 Å². The summed E-state index contributed by atoms with van der Waals surface area (Å²) in [5.41, 5.74) is 5.88. The maximum atomic E-state index is 14.0. The van der Waals surface area contributed by atoms with Gasteiger partial charge in [-0.3, -0.25) is 9.69 Å². The zero-order chi connectivity index (χ0) is 24.4. The summed E-state index contributed by atoms with van der Waals surface area (Å²) in [6.07, 6.45) is 1.63. The quantitative estimate of drug-likeness (QED) is 0.523. The number of aromatic amines is 1. The van der Waals surface area contributed by atoms with Crippen LogP contribution < -0.4 is 4.90 Å². The predicted octanol–water partition coefficient (Wildman–Crippen LogP) is 3.96. The van der Waals surface area contributed by atoms with Crippen LogP contribution in [-0.4, -0.2) is 74.3 Å². The topological polar surface area (TPSA) is 81.6 Å². The number of hydrogen-bond acceptors (Lipinski definition) is 6. The minimum Gasteiger partial charge on any atom is -0.381 e. The Balaban J connectivity index is 1.34. The first-order valence-electron chi connectivity index (χ1n) is 12.7. The van der Waals surface area contributed by atoms with Crippen LogP contribution in [0, 0.1) is 11.3 Å². The number of aromatic nitrogens is 1. The van der Waals surface area contributed by atoms with E-state index in [2.05, 4.69) is 42.8 Å². The first kappa shape index (κ1) is 22.5. The van der Waals surface area contributed by atoms with Crippen molar-refractivity contribution in [3.8, 4) is 6.07 Å². The molecule has 7 nitrogen and oxygen atoms in total. The zero-order valence-corrected chi connectivity index (χ0v) is 21.6. The van der Waals surface area contributed by atoms with Crippen LogP contribution >= 0.6 is 15.9 Å². The number of carbonyl (C=O) groups is 1. The number of ketones is 1. The molecule has 184 valence electrons.